The van der Waals surface area contributed by atoms with E-state index in [-0.39, 0.29) is 11.1 Å². The predicted octanol–water partition coefficient (Wildman–Crippen LogP) is 3.76. The summed E-state index contributed by atoms with van der Waals surface area (Å²) in [5, 5.41) is 3.56. The number of nitrogens with zero attached hydrogens (tertiary/aromatic N) is 1. The summed E-state index contributed by atoms with van der Waals surface area (Å²) in [6, 6.07) is 9.61. The van der Waals surface area contributed by atoms with Gasteiger partial charge in [0.15, 0.2) is 14.9 Å². The fourth-order valence-corrected chi connectivity index (χ4v) is 4.17. The number of ether oxygens (including phenoxy) is 1. The molecule has 1 aliphatic rings. The van der Waals surface area contributed by atoms with Crippen molar-refractivity contribution in [2.45, 2.75) is 49.4 Å². The zero-order chi connectivity index (χ0) is 18.2. The fourth-order valence-electron chi connectivity index (χ4n) is 3.10. The van der Waals surface area contributed by atoms with Gasteiger partial charge in [-0.1, -0.05) is 12.1 Å². The molecule has 1 aromatic heterocycles. The van der Waals surface area contributed by atoms with Crippen LogP contribution in [-0.2, 0) is 16.3 Å². The number of nitrogens with one attached hydrogen (secondary N) is 1. The molecule has 6 heteroatoms. The molecule has 1 heterocycles. The van der Waals surface area contributed by atoms with Crippen LogP contribution >= 0.6 is 0 Å². The quantitative estimate of drug-likeness (QED) is 0.899. The average molecular weight is 360 g/mol. The Morgan fingerprint density at radius 2 is 1.96 bits per heavy atom. The molecule has 0 aliphatic heterocycles. The molecule has 0 saturated heterocycles. The highest BCUT2D eigenvalue weighted by atomic mass is 32.2. The van der Waals surface area contributed by atoms with E-state index < -0.39 is 14.6 Å². The van der Waals surface area contributed by atoms with E-state index in [0.29, 0.717) is 0 Å². The molecule has 25 heavy (non-hydrogen) atoms. The fraction of sp³-hybridized carbons (Fsp3) is 0.421. The lowest BCUT2D eigenvalue weighted by Crippen LogP contribution is -2.28. The van der Waals surface area contributed by atoms with E-state index in [2.05, 4.69) is 16.4 Å². The monoisotopic (exact) mass is 360 g/mol. The Balaban J connectivity index is 1.81. The average Bonchev–Trinajstić information content (AvgIpc) is 2.97. The molecule has 1 atom stereocenters. The smallest absolute Gasteiger partial charge is 0.200 e. The number of sulfone groups is 1. The Morgan fingerprint density at radius 1 is 1.20 bits per heavy atom. The second-order valence-corrected chi connectivity index (χ2v) is 9.91. The van der Waals surface area contributed by atoms with Gasteiger partial charge in [0, 0.05) is 0 Å². The Bertz CT molecular complexity index is 869. The van der Waals surface area contributed by atoms with E-state index in [4.69, 9.17) is 4.74 Å². The number of methoxy groups -OCH3 is 1. The minimum absolute atomic E-state index is 0.110. The van der Waals surface area contributed by atoms with E-state index >= 15 is 0 Å². The molecule has 134 valence electrons. The molecule has 0 fully saturated rings. The maximum absolute atomic E-state index is 12.4. The normalized spacial score (nSPS) is 17.2. The van der Waals surface area contributed by atoms with Crippen LogP contribution in [0.2, 0.25) is 0 Å². The molecule has 0 amide bonds. The highest BCUT2D eigenvalue weighted by Crippen LogP contribution is 2.38. The summed E-state index contributed by atoms with van der Waals surface area (Å²) in [6.45, 7) is 5.04. The predicted molar refractivity (Wildman–Crippen MR) is 98.9 cm³/mol. The summed E-state index contributed by atoms with van der Waals surface area (Å²) in [4.78, 5) is 4.17. The minimum atomic E-state index is -3.43. The number of hydrogen-bond donors (Lipinski definition) is 1. The van der Waals surface area contributed by atoms with Crippen molar-refractivity contribution in [2.24, 2.45) is 0 Å². The van der Waals surface area contributed by atoms with Gasteiger partial charge < -0.3 is 10.1 Å². The van der Waals surface area contributed by atoms with Gasteiger partial charge in [0.05, 0.1) is 29.8 Å². The van der Waals surface area contributed by atoms with Gasteiger partial charge in [-0.3, -0.25) is 0 Å². The lowest BCUT2D eigenvalue weighted by atomic mass is 10.1. The van der Waals surface area contributed by atoms with Crippen molar-refractivity contribution in [1.82, 2.24) is 4.98 Å². The lowest BCUT2D eigenvalue weighted by molar-refractivity contribution is 0.410. The van der Waals surface area contributed by atoms with Gasteiger partial charge in [-0.15, -0.1) is 0 Å². The summed E-state index contributed by atoms with van der Waals surface area (Å²) >= 11 is 0. The molecule has 0 bridgehead atoms. The molecule has 3 rings (SSSR count). The Labute approximate surface area is 149 Å². The third kappa shape index (κ3) is 3.23. The molecule has 1 aromatic carbocycles. The van der Waals surface area contributed by atoms with Crippen molar-refractivity contribution in [3.05, 3.63) is 47.7 Å². The number of rotatable bonds is 4. The van der Waals surface area contributed by atoms with Gasteiger partial charge >= 0.3 is 0 Å². The summed E-state index contributed by atoms with van der Waals surface area (Å²) < 4.78 is 29.5. The molecule has 2 aromatic rings. The van der Waals surface area contributed by atoms with Crippen LogP contribution in [0.25, 0.3) is 0 Å². The van der Waals surface area contributed by atoms with Crippen molar-refractivity contribution < 1.29 is 13.2 Å². The van der Waals surface area contributed by atoms with Crippen molar-refractivity contribution in [1.29, 1.82) is 0 Å². The number of hydrogen-bond acceptors (Lipinski definition) is 5. The second-order valence-electron chi connectivity index (χ2n) is 7.26. The maximum atomic E-state index is 12.4. The molecule has 0 spiro atoms. The third-order valence-electron chi connectivity index (χ3n) is 4.61. The maximum Gasteiger partial charge on any atom is 0.200 e. The van der Waals surface area contributed by atoms with Crippen molar-refractivity contribution in [2.75, 3.05) is 12.4 Å². The highest BCUT2D eigenvalue weighted by molar-refractivity contribution is 7.92. The van der Waals surface area contributed by atoms with E-state index in [1.54, 1.807) is 46.2 Å². The van der Waals surface area contributed by atoms with E-state index in [9.17, 15) is 8.42 Å². The first kappa shape index (κ1) is 17.7. The standard InChI is InChI=1S/C19H24N2O3S/c1-19(2,3)25(22,23)18-11-8-13(12-20-18)21-16-10-9-15-14(16)6-5-7-17(15)24-4/h5-8,11-12,16,21H,9-10H2,1-4H3. The van der Waals surface area contributed by atoms with Gasteiger partial charge in [0.25, 0.3) is 0 Å². The first-order valence-electron chi connectivity index (χ1n) is 8.37. The molecular weight excluding hydrogens is 336 g/mol. The van der Waals surface area contributed by atoms with E-state index in [1.807, 2.05) is 12.1 Å². The van der Waals surface area contributed by atoms with Gasteiger partial charge in [0.2, 0.25) is 0 Å². The summed E-state index contributed by atoms with van der Waals surface area (Å²) in [7, 11) is -1.74. The number of pyridine rings is 1. The number of fused-ring (bicyclic) bond motifs is 1. The highest BCUT2D eigenvalue weighted by Gasteiger charge is 2.32. The minimum Gasteiger partial charge on any atom is -0.496 e. The molecule has 1 aliphatic carbocycles. The largest absolute Gasteiger partial charge is 0.496 e. The molecule has 0 radical (unpaired) electrons. The topological polar surface area (TPSA) is 68.3 Å². The van der Waals surface area contributed by atoms with Gasteiger partial charge in [-0.2, -0.15) is 0 Å². The van der Waals surface area contributed by atoms with Crippen LogP contribution < -0.4 is 10.1 Å². The third-order valence-corrected chi connectivity index (χ3v) is 7.01. The van der Waals surface area contributed by atoms with Crippen LogP contribution in [-0.4, -0.2) is 25.3 Å². The zero-order valence-electron chi connectivity index (χ0n) is 15.0. The summed E-state index contributed by atoms with van der Waals surface area (Å²) in [5.41, 5.74) is 3.28. The van der Waals surface area contributed by atoms with Crippen LogP contribution in [0.1, 0.15) is 44.4 Å². The van der Waals surface area contributed by atoms with Crippen molar-refractivity contribution in [3.63, 3.8) is 0 Å². The Hall–Kier alpha value is -2.08. The summed E-state index contributed by atoms with van der Waals surface area (Å²) in [6.07, 6.45) is 3.52. The Morgan fingerprint density at radius 3 is 2.56 bits per heavy atom. The number of anilines is 1. The van der Waals surface area contributed by atoms with Crippen LogP contribution in [0.3, 0.4) is 0 Å². The molecule has 0 saturated carbocycles. The van der Waals surface area contributed by atoms with Crippen molar-refractivity contribution >= 4 is 15.5 Å². The second kappa shape index (κ2) is 6.33. The van der Waals surface area contributed by atoms with Crippen LogP contribution in [0.15, 0.2) is 41.6 Å². The Kier molecular flexibility index (Phi) is 4.49. The van der Waals surface area contributed by atoms with Gasteiger partial charge in [0.1, 0.15) is 5.75 Å². The SMILES string of the molecule is COc1cccc2c1CCC2Nc1ccc(S(=O)(=O)C(C)(C)C)nc1. The molecule has 1 unspecified atom stereocenters. The van der Waals surface area contributed by atoms with Crippen LogP contribution in [0.5, 0.6) is 5.75 Å². The molecular formula is C19H24N2O3S. The van der Waals surface area contributed by atoms with Crippen LogP contribution in [0.4, 0.5) is 5.69 Å². The first-order chi connectivity index (χ1) is 11.7. The van der Waals surface area contributed by atoms with Gasteiger partial charge in [-0.05, 0) is 62.9 Å². The van der Waals surface area contributed by atoms with Gasteiger partial charge in [-0.25, -0.2) is 13.4 Å². The van der Waals surface area contributed by atoms with E-state index in [0.717, 1.165) is 24.3 Å². The number of benzene rings is 1. The molecule has 5 nitrogen and oxygen atoms in total. The molecule has 1 N–H and O–H groups in total. The van der Waals surface area contributed by atoms with Crippen LogP contribution in [0, 0.1) is 0 Å². The lowest BCUT2D eigenvalue weighted by Gasteiger charge is -2.19. The van der Waals surface area contributed by atoms with Crippen molar-refractivity contribution in [3.8, 4) is 5.75 Å². The number of aromatic nitrogens is 1. The van der Waals surface area contributed by atoms with E-state index in [1.165, 1.54) is 11.1 Å². The first-order valence-corrected chi connectivity index (χ1v) is 9.85. The zero-order valence-corrected chi connectivity index (χ0v) is 15.9. The summed E-state index contributed by atoms with van der Waals surface area (Å²) in [5.74, 6) is 0.923.